The van der Waals surface area contributed by atoms with Gasteiger partial charge in [-0.15, -0.1) is 0 Å². The Morgan fingerprint density at radius 2 is 1.87 bits per heavy atom. The zero-order valence-electron chi connectivity index (χ0n) is 17.6. The number of hydrogen-bond acceptors (Lipinski definition) is 7. The lowest BCUT2D eigenvalue weighted by atomic mass is 10.1. The van der Waals surface area contributed by atoms with Crippen LogP contribution >= 0.6 is 0 Å². The molecule has 1 aromatic carbocycles. The number of amides is 2. The van der Waals surface area contributed by atoms with E-state index in [-0.39, 0.29) is 30.7 Å². The van der Waals surface area contributed by atoms with Crippen LogP contribution in [0.3, 0.4) is 0 Å². The molecule has 0 aliphatic heterocycles. The van der Waals surface area contributed by atoms with E-state index in [0.717, 1.165) is 0 Å². The van der Waals surface area contributed by atoms with Gasteiger partial charge in [0.15, 0.2) is 0 Å². The summed E-state index contributed by atoms with van der Waals surface area (Å²) in [7, 11) is 1.25. The molecule has 2 aromatic rings. The van der Waals surface area contributed by atoms with Crippen LogP contribution in [0.15, 0.2) is 42.7 Å². The average molecular weight is 427 g/mol. The van der Waals surface area contributed by atoms with Crippen molar-refractivity contribution in [1.29, 1.82) is 0 Å². The summed E-state index contributed by atoms with van der Waals surface area (Å²) in [6, 6.07) is 7.37. The Balaban J connectivity index is 2.03. The van der Waals surface area contributed by atoms with E-state index in [1.807, 2.05) is 0 Å². The molecule has 164 valence electrons. The van der Waals surface area contributed by atoms with Gasteiger partial charge in [-0.05, 0) is 49.2 Å². The number of methoxy groups -OCH3 is 1. The minimum atomic E-state index is -0.651. The average Bonchev–Trinajstić information content (AvgIpc) is 2.76. The quantitative estimate of drug-likeness (QED) is 0.584. The lowest BCUT2D eigenvalue weighted by Crippen LogP contribution is -2.39. The number of nitrogens with one attached hydrogen (secondary N) is 2. The van der Waals surface area contributed by atoms with E-state index >= 15 is 0 Å². The Kier molecular flexibility index (Phi) is 8.68. The maximum Gasteiger partial charge on any atom is 0.337 e. The molecule has 0 saturated heterocycles. The van der Waals surface area contributed by atoms with Gasteiger partial charge in [-0.25, -0.2) is 4.79 Å². The number of esters is 2. The Morgan fingerprint density at radius 3 is 2.52 bits per heavy atom. The maximum absolute atomic E-state index is 12.5. The van der Waals surface area contributed by atoms with Gasteiger partial charge in [-0.2, -0.15) is 0 Å². The molecule has 2 N–H and O–H groups in total. The molecule has 0 bridgehead atoms. The van der Waals surface area contributed by atoms with Crippen molar-refractivity contribution < 1.29 is 28.7 Å². The van der Waals surface area contributed by atoms with E-state index in [2.05, 4.69) is 20.4 Å². The fourth-order valence-corrected chi connectivity index (χ4v) is 2.88. The lowest BCUT2D eigenvalue weighted by molar-refractivity contribution is -0.143. The van der Waals surface area contributed by atoms with Gasteiger partial charge in [0.05, 0.1) is 38.3 Å². The lowest BCUT2D eigenvalue weighted by Gasteiger charge is -2.18. The highest BCUT2D eigenvalue weighted by atomic mass is 16.5. The second-order valence-electron chi connectivity index (χ2n) is 6.68. The van der Waals surface area contributed by atoms with Gasteiger partial charge in [0.1, 0.15) is 0 Å². The van der Waals surface area contributed by atoms with Gasteiger partial charge >= 0.3 is 11.9 Å². The van der Waals surface area contributed by atoms with Crippen molar-refractivity contribution in [2.24, 2.45) is 0 Å². The number of rotatable bonds is 9. The van der Waals surface area contributed by atoms with Crippen molar-refractivity contribution in [2.45, 2.75) is 26.3 Å². The Labute approximate surface area is 180 Å². The molecule has 9 heteroatoms. The Morgan fingerprint density at radius 1 is 1.13 bits per heavy atom. The van der Waals surface area contributed by atoms with Crippen LogP contribution in [0.1, 0.15) is 51.2 Å². The van der Waals surface area contributed by atoms with Crippen LogP contribution in [-0.4, -0.2) is 49.0 Å². The van der Waals surface area contributed by atoms with Gasteiger partial charge in [-0.1, -0.05) is 6.07 Å². The van der Waals surface area contributed by atoms with Crippen LogP contribution in [0.25, 0.3) is 0 Å². The van der Waals surface area contributed by atoms with Crippen LogP contribution in [0.5, 0.6) is 0 Å². The third-order valence-electron chi connectivity index (χ3n) is 4.27. The predicted octanol–water partition coefficient (Wildman–Crippen LogP) is 1.72. The molecular weight excluding hydrogens is 402 g/mol. The number of carbonyl (C=O) groups is 4. The van der Waals surface area contributed by atoms with Crippen LogP contribution in [0, 0.1) is 6.92 Å². The highest BCUT2D eigenvalue weighted by Crippen LogP contribution is 2.16. The summed E-state index contributed by atoms with van der Waals surface area (Å²) in [4.78, 5) is 52.5. The van der Waals surface area contributed by atoms with Crippen molar-refractivity contribution in [3.8, 4) is 0 Å². The zero-order valence-corrected chi connectivity index (χ0v) is 17.6. The molecule has 0 aliphatic carbocycles. The van der Waals surface area contributed by atoms with Crippen LogP contribution < -0.4 is 10.6 Å². The normalized spacial score (nSPS) is 11.2. The van der Waals surface area contributed by atoms with Crippen molar-refractivity contribution in [3.05, 3.63) is 65.0 Å². The first-order valence-electron chi connectivity index (χ1n) is 9.67. The molecule has 9 nitrogen and oxygen atoms in total. The monoisotopic (exact) mass is 427 g/mol. The number of ether oxygens (including phenoxy) is 2. The van der Waals surface area contributed by atoms with Crippen molar-refractivity contribution in [3.63, 3.8) is 0 Å². The fourth-order valence-electron chi connectivity index (χ4n) is 2.88. The fraction of sp³-hybridized carbons (Fsp3) is 0.318. The summed E-state index contributed by atoms with van der Waals surface area (Å²) in [5, 5.41) is 5.22. The van der Waals surface area contributed by atoms with Gasteiger partial charge < -0.3 is 20.1 Å². The van der Waals surface area contributed by atoms with Crippen LogP contribution in [0.4, 0.5) is 0 Å². The maximum atomic E-state index is 12.5. The third-order valence-corrected chi connectivity index (χ3v) is 4.27. The highest BCUT2D eigenvalue weighted by molar-refractivity contribution is 5.99. The van der Waals surface area contributed by atoms with E-state index in [1.165, 1.54) is 13.2 Å². The van der Waals surface area contributed by atoms with Crippen molar-refractivity contribution in [2.75, 3.05) is 20.3 Å². The van der Waals surface area contributed by atoms with Crippen molar-refractivity contribution in [1.82, 2.24) is 15.6 Å². The number of aromatic nitrogens is 1. The highest BCUT2D eigenvalue weighted by Gasteiger charge is 2.20. The number of benzene rings is 1. The SMILES string of the molecule is CCOC(=O)CC(NC(=O)CNC(=O)c1cc(C)cc(C(=O)OC)c1)c1cccnc1. The van der Waals surface area contributed by atoms with Crippen LogP contribution in [-0.2, 0) is 19.1 Å². The smallest absolute Gasteiger partial charge is 0.337 e. The molecule has 2 rings (SSSR count). The minimum Gasteiger partial charge on any atom is -0.466 e. The molecular formula is C22H25N3O6. The summed E-state index contributed by atoms with van der Waals surface area (Å²) in [5.74, 6) is -2.04. The first kappa shape index (κ1) is 23.5. The molecule has 0 saturated carbocycles. The standard InChI is InChI=1S/C22H25N3O6/c1-4-31-20(27)11-18(15-6-5-7-23-12-15)25-19(26)13-24-21(28)16-8-14(2)9-17(10-16)22(29)30-3/h5-10,12,18H,4,11,13H2,1-3H3,(H,24,28)(H,25,26). The first-order chi connectivity index (χ1) is 14.8. The third kappa shape index (κ3) is 7.22. The molecule has 31 heavy (non-hydrogen) atoms. The van der Waals surface area contributed by atoms with Gasteiger partial charge in [0.25, 0.3) is 5.91 Å². The molecule has 2 amide bonds. The first-order valence-corrected chi connectivity index (χ1v) is 9.67. The molecule has 0 fully saturated rings. The summed E-state index contributed by atoms with van der Waals surface area (Å²) in [5.41, 5.74) is 1.80. The number of aryl methyl sites for hydroxylation is 1. The molecule has 1 unspecified atom stereocenters. The van der Waals surface area contributed by atoms with Gasteiger partial charge in [0, 0.05) is 18.0 Å². The Bertz CT molecular complexity index is 946. The molecule has 0 aliphatic rings. The van der Waals surface area contributed by atoms with Crippen molar-refractivity contribution >= 4 is 23.8 Å². The molecule has 1 heterocycles. The van der Waals surface area contributed by atoms with Gasteiger partial charge in [-0.3, -0.25) is 19.4 Å². The topological polar surface area (TPSA) is 124 Å². The van der Waals surface area contributed by atoms with Gasteiger partial charge in [0.2, 0.25) is 5.91 Å². The minimum absolute atomic E-state index is 0.0699. The second kappa shape index (κ2) is 11.4. The molecule has 0 radical (unpaired) electrons. The number of carbonyl (C=O) groups excluding carboxylic acids is 4. The largest absolute Gasteiger partial charge is 0.466 e. The summed E-state index contributed by atoms with van der Waals surface area (Å²) in [6.07, 6.45) is 3.06. The van der Waals surface area contributed by atoms with Crippen LogP contribution in [0.2, 0.25) is 0 Å². The zero-order chi connectivity index (χ0) is 22.8. The summed E-state index contributed by atoms with van der Waals surface area (Å²) in [6.45, 7) is 3.35. The Hall–Kier alpha value is -3.75. The number of hydrogen-bond donors (Lipinski definition) is 2. The number of pyridine rings is 1. The van der Waals surface area contributed by atoms with E-state index in [4.69, 9.17) is 4.74 Å². The molecule has 1 atom stereocenters. The predicted molar refractivity (Wildman–Crippen MR) is 111 cm³/mol. The van der Waals surface area contributed by atoms with E-state index in [0.29, 0.717) is 11.1 Å². The number of nitrogens with zero attached hydrogens (tertiary/aromatic N) is 1. The molecule has 1 aromatic heterocycles. The van der Waals surface area contributed by atoms with E-state index in [1.54, 1.807) is 50.5 Å². The second-order valence-corrected chi connectivity index (χ2v) is 6.68. The summed E-state index contributed by atoms with van der Waals surface area (Å²) < 4.78 is 9.65. The van der Waals surface area contributed by atoms with E-state index < -0.39 is 29.8 Å². The van der Waals surface area contributed by atoms with E-state index in [9.17, 15) is 19.2 Å². The molecule has 0 spiro atoms. The summed E-state index contributed by atoms with van der Waals surface area (Å²) >= 11 is 0.